The molecule has 2 aliphatic heterocycles. The fraction of sp³-hybridized carbons (Fsp3) is 0.417. The van der Waals surface area contributed by atoms with Gasteiger partial charge in [0.15, 0.2) is 0 Å². The smallest absolute Gasteiger partial charge is 0.253 e. The minimum atomic E-state index is -0.361. The molecule has 2 atom stereocenters. The fourth-order valence-corrected chi connectivity index (χ4v) is 4.41. The van der Waals surface area contributed by atoms with Crippen LogP contribution in [0.5, 0.6) is 0 Å². The molecule has 2 aromatic rings. The second-order valence-corrected chi connectivity index (χ2v) is 8.31. The molecule has 0 bridgehead atoms. The van der Waals surface area contributed by atoms with Gasteiger partial charge in [0.05, 0.1) is 5.92 Å². The molecule has 6 heteroatoms. The van der Waals surface area contributed by atoms with Gasteiger partial charge in [-0.15, -0.1) is 0 Å². The summed E-state index contributed by atoms with van der Waals surface area (Å²) >= 11 is 0. The van der Waals surface area contributed by atoms with Crippen molar-refractivity contribution in [3.63, 3.8) is 0 Å². The lowest BCUT2D eigenvalue weighted by Crippen LogP contribution is -2.48. The first kappa shape index (κ1) is 20.5. The van der Waals surface area contributed by atoms with Crippen molar-refractivity contribution >= 4 is 11.8 Å². The molecule has 0 spiro atoms. The highest BCUT2D eigenvalue weighted by Crippen LogP contribution is 2.20. The number of benzene rings is 2. The van der Waals surface area contributed by atoms with Crippen molar-refractivity contribution in [2.24, 2.45) is 5.92 Å². The first-order valence-corrected chi connectivity index (χ1v) is 10.7. The molecule has 0 radical (unpaired) electrons. The molecule has 2 amide bonds. The van der Waals surface area contributed by atoms with Gasteiger partial charge in [-0.2, -0.15) is 0 Å². The zero-order chi connectivity index (χ0) is 20.9. The number of rotatable bonds is 5. The number of hydrogen-bond acceptors (Lipinski definition) is 3. The quantitative estimate of drug-likeness (QED) is 0.826. The zero-order valence-corrected chi connectivity index (χ0v) is 17.1. The first-order chi connectivity index (χ1) is 14.6. The highest BCUT2D eigenvalue weighted by Gasteiger charge is 2.31. The Balaban J connectivity index is 1.28. The Morgan fingerprint density at radius 1 is 0.967 bits per heavy atom. The molecule has 1 N–H and O–H groups in total. The summed E-state index contributed by atoms with van der Waals surface area (Å²) in [4.78, 5) is 29.6. The van der Waals surface area contributed by atoms with Crippen LogP contribution in [0.1, 0.15) is 35.2 Å². The highest BCUT2D eigenvalue weighted by atomic mass is 19.1. The third kappa shape index (κ3) is 5.05. The van der Waals surface area contributed by atoms with Crippen molar-refractivity contribution in [1.82, 2.24) is 15.1 Å². The highest BCUT2D eigenvalue weighted by molar-refractivity contribution is 5.94. The molecule has 158 valence electrons. The summed E-state index contributed by atoms with van der Waals surface area (Å²) in [6, 6.07) is 16.1. The molecular weight excluding hydrogens is 381 g/mol. The van der Waals surface area contributed by atoms with Crippen LogP contribution in [-0.2, 0) is 11.3 Å². The predicted molar refractivity (Wildman–Crippen MR) is 113 cm³/mol. The Morgan fingerprint density at radius 2 is 1.73 bits per heavy atom. The number of carbonyl (C=O) groups excluding carboxylic acids is 2. The van der Waals surface area contributed by atoms with Gasteiger partial charge in [0.25, 0.3) is 5.91 Å². The molecule has 2 aliphatic rings. The summed E-state index contributed by atoms with van der Waals surface area (Å²) in [5, 5.41) is 3.20. The van der Waals surface area contributed by atoms with E-state index in [0.717, 1.165) is 38.9 Å². The maximum Gasteiger partial charge on any atom is 0.253 e. The van der Waals surface area contributed by atoms with E-state index >= 15 is 0 Å². The number of amides is 2. The van der Waals surface area contributed by atoms with Crippen LogP contribution >= 0.6 is 0 Å². The molecule has 2 fully saturated rings. The van der Waals surface area contributed by atoms with Gasteiger partial charge < -0.3 is 10.2 Å². The van der Waals surface area contributed by atoms with Gasteiger partial charge in [-0.25, -0.2) is 4.39 Å². The van der Waals surface area contributed by atoms with Crippen molar-refractivity contribution in [1.29, 1.82) is 0 Å². The number of halogens is 1. The Hall–Kier alpha value is -2.73. The Bertz CT molecular complexity index is 872. The van der Waals surface area contributed by atoms with Gasteiger partial charge in [-0.05, 0) is 49.1 Å². The molecule has 2 aromatic carbocycles. The summed E-state index contributed by atoms with van der Waals surface area (Å²) < 4.78 is 13.1. The van der Waals surface area contributed by atoms with E-state index in [9.17, 15) is 14.0 Å². The average molecular weight is 410 g/mol. The van der Waals surface area contributed by atoms with Crippen molar-refractivity contribution < 1.29 is 14.0 Å². The number of nitrogens with zero attached hydrogens (tertiary/aromatic N) is 2. The topological polar surface area (TPSA) is 52.7 Å². The molecule has 30 heavy (non-hydrogen) atoms. The molecule has 0 saturated carbocycles. The van der Waals surface area contributed by atoms with Gasteiger partial charge in [0.2, 0.25) is 5.91 Å². The first-order valence-electron chi connectivity index (χ1n) is 10.7. The lowest BCUT2D eigenvalue weighted by Gasteiger charge is -2.32. The zero-order valence-electron chi connectivity index (χ0n) is 17.1. The predicted octanol–water partition coefficient (Wildman–Crippen LogP) is 3.07. The van der Waals surface area contributed by atoms with Crippen LogP contribution in [0, 0.1) is 11.7 Å². The van der Waals surface area contributed by atoms with Gasteiger partial charge in [0.1, 0.15) is 5.82 Å². The minimum absolute atomic E-state index is 0.0400. The summed E-state index contributed by atoms with van der Waals surface area (Å²) in [6.07, 6.45) is 2.54. The second kappa shape index (κ2) is 9.39. The van der Waals surface area contributed by atoms with E-state index in [-0.39, 0.29) is 29.6 Å². The van der Waals surface area contributed by atoms with E-state index in [4.69, 9.17) is 0 Å². The summed E-state index contributed by atoms with van der Waals surface area (Å²) in [5.41, 5.74) is 1.75. The van der Waals surface area contributed by atoms with Crippen LogP contribution in [-0.4, -0.2) is 53.8 Å². The van der Waals surface area contributed by atoms with E-state index in [1.807, 2.05) is 18.2 Å². The Morgan fingerprint density at radius 3 is 2.50 bits per heavy atom. The van der Waals surface area contributed by atoms with Crippen LogP contribution in [0.15, 0.2) is 54.6 Å². The Labute approximate surface area is 176 Å². The van der Waals surface area contributed by atoms with E-state index in [0.29, 0.717) is 18.7 Å². The minimum Gasteiger partial charge on any atom is -0.352 e. The van der Waals surface area contributed by atoms with E-state index in [2.05, 4.69) is 22.3 Å². The standard InChI is InChI=1S/C24H28FN3O2/c25-21-10-8-19(9-11-21)24(30)28-13-4-7-20(16-28)23(29)26-22-12-14-27(17-22)15-18-5-2-1-3-6-18/h1-3,5-6,8-11,20,22H,4,7,12-17H2,(H,26,29). The van der Waals surface area contributed by atoms with Crippen molar-refractivity contribution in [2.45, 2.75) is 31.8 Å². The van der Waals surface area contributed by atoms with Crippen molar-refractivity contribution in [2.75, 3.05) is 26.2 Å². The molecule has 0 aliphatic carbocycles. The molecule has 4 rings (SSSR count). The largest absolute Gasteiger partial charge is 0.352 e. The van der Waals surface area contributed by atoms with Gasteiger partial charge in [-0.3, -0.25) is 14.5 Å². The van der Waals surface area contributed by atoms with Crippen LogP contribution in [0.3, 0.4) is 0 Å². The van der Waals surface area contributed by atoms with Crippen LogP contribution in [0.4, 0.5) is 4.39 Å². The van der Waals surface area contributed by atoms with Crippen molar-refractivity contribution in [3.05, 3.63) is 71.5 Å². The monoisotopic (exact) mass is 409 g/mol. The Kier molecular flexibility index (Phi) is 6.43. The summed E-state index contributed by atoms with van der Waals surface area (Å²) in [7, 11) is 0. The van der Waals surface area contributed by atoms with Gasteiger partial charge in [-0.1, -0.05) is 30.3 Å². The van der Waals surface area contributed by atoms with Crippen LogP contribution < -0.4 is 5.32 Å². The second-order valence-electron chi connectivity index (χ2n) is 8.31. The molecule has 5 nitrogen and oxygen atoms in total. The average Bonchev–Trinajstić information content (AvgIpc) is 3.21. The summed E-state index contributed by atoms with van der Waals surface area (Å²) in [5.74, 6) is -0.646. The molecule has 2 saturated heterocycles. The van der Waals surface area contributed by atoms with Crippen LogP contribution in [0.2, 0.25) is 0 Å². The normalized spacial score (nSPS) is 22.1. The molecule has 2 unspecified atom stereocenters. The lowest BCUT2D eigenvalue weighted by atomic mass is 9.96. The maximum absolute atomic E-state index is 13.1. The van der Waals surface area contributed by atoms with Gasteiger partial charge >= 0.3 is 0 Å². The number of piperidine rings is 1. The number of likely N-dealkylation sites (tertiary alicyclic amines) is 2. The number of hydrogen-bond donors (Lipinski definition) is 1. The van der Waals surface area contributed by atoms with Gasteiger partial charge in [0, 0.05) is 44.3 Å². The molecule has 2 heterocycles. The number of nitrogens with one attached hydrogen (secondary N) is 1. The lowest BCUT2D eigenvalue weighted by molar-refractivity contribution is -0.127. The van der Waals surface area contributed by atoms with E-state index in [1.54, 1.807) is 4.90 Å². The van der Waals surface area contributed by atoms with E-state index < -0.39 is 0 Å². The molecular formula is C24H28FN3O2. The fourth-order valence-electron chi connectivity index (χ4n) is 4.41. The van der Waals surface area contributed by atoms with Crippen LogP contribution in [0.25, 0.3) is 0 Å². The third-order valence-corrected chi connectivity index (χ3v) is 6.04. The molecule has 0 aromatic heterocycles. The van der Waals surface area contributed by atoms with E-state index in [1.165, 1.54) is 29.8 Å². The SMILES string of the molecule is O=C(NC1CCN(Cc2ccccc2)C1)C1CCCN(C(=O)c2ccc(F)cc2)C1. The number of carbonyl (C=O) groups is 2. The summed E-state index contributed by atoms with van der Waals surface area (Å²) in [6.45, 7) is 3.78. The van der Waals surface area contributed by atoms with Crippen molar-refractivity contribution in [3.8, 4) is 0 Å². The third-order valence-electron chi connectivity index (χ3n) is 6.04. The maximum atomic E-state index is 13.1.